The maximum Gasteiger partial charge on any atom is 0.190 e. The standard InChI is InChI=1S/C9H11N5S2/c1-10-6-5-7(14-9(13-6)15-2)16-8-11-3-4-12-8/h3-5H,1-2H3,(H,11,12)(H,10,13,14). The molecule has 0 aliphatic carbocycles. The van der Waals surface area contributed by atoms with Gasteiger partial charge in [-0.15, -0.1) is 0 Å². The molecule has 2 aromatic heterocycles. The van der Waals surface area contributed by atoms with Gasteiger partial charge in [0.1, 0.15) is 10.8 Å². The third kappa shape index (κ3) is 2.67. The normalized spacial score (nSPS) is 10.4. The number of anilines is 1. The van der Waals surface area contributed by atoms with Crippen LogP contribution in [0, 0.1) is 0 Å². The molecular formula is C9H11N5S2. The monoisotopic (exact) mass is 253 g/mol. The Hall–Kier alpha value is -1.21. The number of hydrogen-bond donors (Lipinski definition) is 2. The van der Waals surface area contributed by atoms with Gasteiger partial charge in [0.05, 0.1) is 0 Å². The second-order valence-electron chi connectivity index (χ2n) is 2.82. The largest absolute Gasteiger partial charge is 0.373 e. The summed E-state index contributed by atoms with van der Waals surface area (Å²) in [5, 5.41) is 5.46. The van der Waals surface area contributed by atoms with Crippen LogP contribution in [0.3, 0.4) is 0 Å². The van der Waals surface area contributed by atoms with E-state index in [1.165, 1.54) is 23.5 Å². The van der Waals surface area contributed by atoms with Crippen LogP contribution in [-0.4, -0.2) is 33.2 Å². The van der Waals surface area contributed by atoms with Gasteiger partial charge in [0.25, 0.3) is 0 Å². The highest BCUT2D eigenvalue weighted by atomic mass is 32.2. The number of hydrogen-bond acceptors (Lipinski definition) is 6. The molecule has 2 rings (SSSR count). The van der Waals surface area contributed by atoms with Crippen molar-refractivity contribution < 1.29 is 0 Å². The third-order valence-corrected chi connectivity index (χ3v) is 3.18. The molecule has 0 saturated carbocycles. The quantitative estimate of drug-likeness (QED) is 0.494. The molecule has 2 aromatic rings. The van der Waals surface area contributed by atoms with Crippen LogP contribution < -0.4 is 5.32 Å². The average Bonchev–Trinajstić information content (AvgIpc) is 2.81. The van der Waals surface area contributed by atoms with Crippen molar-refractivity contribution in [2.45, 2.75) is 15.3 Å². The van der Waals surface area contributed by atoms with Gasteiger partial charge in [-0.2, -0.15) is 0 Å². The number of nitrogens with zero attached hydrogens (tertiary/aromatic N) is 3. The van der Waals surface area contributed by atoms with Crippen LogP contribution in [0.1, 0.15) is 0 Å². The summed E-state index contributed by atoms with van der Waals surface area (Å²) in [4.78, 5) is 15.9. The fraction of sp³-hybridized carbons (Fsp3) is 0.222. The maximum absolute atomic E-state index is 4.39. The number of thioether (sulfide) groups is 1. The number of rotatable bonds is 4. The molecule has 0 radical (unpaired) electrons. The van der Waals surface area contributed by atoms with Crippen LogP contribution in [0.15, 0.2) is 33.8 Å². The van der Waals surface area contributed by atoms with E-state index >= 15 is 0 Å². The molecule has 84 valence electrons. The van der Waals surface area contributed by atoms with Crippen LogP contribution in [0.2, 0.25) is 0 Å². The maximum atomic E-state index is 4.39. The summed E-state index contributed by atoms with van der Waals surface area (Å²) in [6.45, 7) is 0. The summed E-state index contributed by atoms with van der Waals surface area (Å²) in [6, 6.07) is 1.90. The Morgan fingerprint density at radius 3 is 2.88 bits per heavy atom. The first kappa shape index (κ1) is 11.3. The van der Waals surface area contributed by atoms with Crippen LogP contribution >= 0.6 is 23.5 Å². The summed E-state index contributed by atoms with van der Waals surface area (Å²) >= 11 is 3.00. The van der Waals surface area contributed by atoms with Crippen LogP contribution in [0.5, 0.6) is 0 Å². The highest BCUT2D eigenvalue weighted by molar-refractivity contribution is 7.99. The third-order valence-electron chi connectivity index (χ3n) is 1.80. The molecule has 0 spiro atoms. The van der Waals surface area contributed by atoms with Crippen molar-refractivity contribution in [2.75, 3.05) is 18.6 Å². The van der Waals surface area contributed by atoms with Gasteiger partial charge in [-0.05, 0) is 18.0 Å². The van der Waals surface area contributed by atoms with Crippen molar-refractivity contribution in [1.29, 1.82) is 0 Å². The zero-order valence-corrected chi connectivity index (χ0v) is 10.5. The second kappa shape index (κ2) is 5.22. The van der Waals surface area contributed by atoms with E-state index in [1.807, 2.05) is 19.4 Å². The lowest BCUT2D eigenvalue weighted by atomic mass is 10.6. The van der Waals surface area contributed by atoms with Crippen LogP contribution in [0.4, 0.5) is 5.82 Å². The SMILES string of the molecule is CNc1cc(Sc2ncc[nH]2)nc(SC)n1. The highest BCUT2D eigenvalue weighted by Crippen LogP contribution is 2.25. The minimum Gasteiger partial charge on any atom is -0.373 e. The van der Waals surface area contributed by atoms with Gasteiger partial charge < -0.3 is 10.3 Å². The Morgan fingerprint density at radius 2 is 2.25 bits per heavy atom. The Kier molecular flexibility index (Phi) is 3.68. The first-order valence-electron chi connectivity index (χ1n) is 4.60. The molecule has 0 aromatic carbocycles. The lowest BCUT2D eigenvalue weighted by Crippen LogP contribution is -1.96. The van der Waals surface area contributed by atoms with Gasteiger partial charge in [-0.25, -0.2) is 15.0 Å². The molecule has 5 nitrogen and oxygen atoms in total. The second-order valence-corrected chi connectivity index (χ2v) is 4.61. The molecule has 0 amide bonds. The molecule has 0 aliphatic heterocycles. The Labute approximate surface area is 102 Å². The van der Waals surface area contributed by atoms with Gasteiger partial charge in [0, 0.05) is 25.5 Å². The number of nitrogens with one attached hydrogen (secondary N) is 2. The number of imidazole rings is 1. The van der Waals surface area contributed by atoms with Crippen LogP contribution in [0.25, 0.3) is 0 Å². The summed E-state index contributed by atoms with van der Waals surface area (Å²) < 4.78 is 0. The summed E-state index contributed by atoms with van der Waals surface area (Å²) in [5.41, 5.74) is 0. The summed E-state index contributed by atoms with van der Waals surface area (Å²) in [6.07, 6.45) is 5.46. The van der Waals surface area contributed by atoms with Crippen LogP contribution in [-0.2, 0) is 0 Å². The predicted octanol–water partition coefficient (Wildman–Crippen LogP) is 2.11. The zero-order chi connectivity index (χ0) is 11.4. The fourth-order valence-electron chi connectivity index (χ4n) is 1.08. The summed E-state index contributed by atoms with van der Waals surface area (Å²) in [7, 11) is 1.84. The van der Waals surface area contributed by atoms with Gasteiger partial charge in [0.15, 0.2) is 10.3 Å². The molecule has 16 heavy (non-hydrogen) atoms. The van der Waals surface area contributed by atoms with E-state index in [2.05, 4.69) is 25.3 Å². The molecule has 0 bridgehead atoms. The fourth-order valence-corrected chi connectivity index (χ4v) is 2.26. The zero-order valence-electron chi connectivity index (χ0n) is 8.89. The molecule has 2 heterocycles. The van der Waals surface area contributed by atoms with Crippen molar-refractivity contribution in [3.05, 3.63) is 18.5 Å². The minimum absolute atomic E-state index is 0.751. The lowest BCUT2D eigenvalue weighted by Gasteiger charge is -2.04. The molecule has 0 aliphatic rings. The first-order chi connectivity index (χ1) is 7.81. The number of aromatic nitrogens is 4. The number of aromatic amines is 1. The van der Waals surface area contributed by atoms with Crippen molar-refractivity contribution in [1.82, 2.24) is 19.9 Å². The number of H-pyrrole nitrogens is 1. The van der Waals surface area contributed by atoms with Crippen molar-refractivity contribution in [2.24, 2.45) is 0 Å². The van der Waals surface area contributed by atoms with Gasteiger partial charge in [-0.3, -0.25) is 0 Å². The molecule has 0 saturated heterocycles. The highest BCUT2D eigenvalue weighted by Gasteiger charge is 2.05. The molecule has 0 fully saturated rings. The molecule has 0 unspecified atom stereocenters. The molecule has 7 heteroatoms. The predicted molar refractivity (Wildman–Crippen MR) is 66.1 cm³/mol. The smallest absolute Gasteiger partial charge is 0.190 e. The molecule has 2 N–H and O–H groups in total. The van der Waals surface area contributed by atoms with E-state index in [4.69, 9.17) is 0 Å². The van der Waals surface area contributed by atoms with Gasteiger partial charge >= 0.3 is 0 Å². The van der Waals surface area contributed by atoms with E-state index in [0.29, 0.717) is 0 Å². The van der Waals surface area contributed by atoms with Gasteiger partial charge in [0.2, 0.25) is 0 Å². The van der Waals surface area contributed by atoms with E-state index in [9.17, 15) is 0 Å². The van der Waals surface area contributed by atoms with Crippen molar-refractivity contribution >= 4 is 29.3 Å². The van der Waals surface area contributed by atoms with E-state index in [0.717, 1.165) is 21.2 Å². The lowest BCUT2D eigenvalue weighted by molar-refractivity contribution is 0.893. The minimum atomic E-state index is 0.751. The summed E-state index contributed by atoms with van der Waals surface area (Å²) in [5.74, 6) is 0.813. The Bertz CT molecular complexity index is 435. The van der Waals surface area contributed by atoms with E-state index in [-0.39, 0.29) is 0 Å². The average molecular weight is 253 g/mol. The molecule has 0 atom stereocenters. The molecular weight excluding hydrogens is 242 g/mol. The Balaban J connectivity index is 2.26. The van der Waals surface area contributed by atoms with E-state index in [1.54, 1.807) is 12.4 Å². The Morgan fingerprint density at radius 1 is 1.38 bits per heavy atom. The van der Waals surface area contributed by atoms with E-state index < -0.39 is 0 Å². The van der Waals surface area contributed by atoms with Gasteiger partial charge in [-0.1, -0.05) is 11.8 Å². The topological polar surface area (TPSA) is 66.5 Å². The van der Waals surface area contributed by atoms with Crippen molar-refractivity contribution in [3.63, 3.8) is 0 Å². The first-order valence-corrected chi connectivity index (χ1v) is 6.64. The van der Waals surface area contributed by atoms with Crippen molar-refractivity contribution in [3.8, 4) is 0 Å².